The number of nitrogens with zero attached hydrogens (tertiary/aromatic N) is 3. The van der Waals surface area contributed by atoms with Gasteiger partial charge in [-0.05, 0) is 12.1 Å². The van der Waals surface area contributed by atoms with Crippen molar-refractivity contribution in [3.63, 3.8) is 0 Å². The fraction of sp³-hybridized carbons (Fsp3) is 0. The second-order valence-electron chi connectivity index (χ2n) is 1.99. The molecule has 1 atom stereocenters. The van der Waals surface area contributed by atoms with E-state index in [-0.39, 0.29) is 0 Å². The Labute approximate surface area is 60.3 Å². The number of fused-ring (bicyclic) bond motifs is 1. The van der Waals surface area contributed by atoms with Crippen molar-refractivity contribution in [3.05, 3.63) is 24.5 Å². The molecule has 0 radical (unpaired) electrons. The molecule has 0 saturated heterocycles. The lowest BCUT2D eigenvalue weighted by molar-refractivity contribution is 0.937. The Morgan fingerprint density at radius 3 is 3.20 bits per heavy atom. The molecule has 10 heavy (non-hydrogen) atoms. The minimum absolute atomic E-state index is 0.882. The Kier molecular flexibility index (Phi) is 1.18. The van der Waals surface area contributed by atoms with Crippen molar-refractivity contribution in [1.29, 1.82) is 0 Å². The summed E-state index contributed by atoms with van der Waals surface area (Å²) in [7, 11) is 2.53. The molecule has 0 aliphatic carbocycles. The van der Waals surface area contributed by atoms with Crippen LogP contribution >= 0.6 is 9.24 Å². The molecule has 0 fully saturated rings. The van der Waals surface area contributed by atoms with E-state index in [0.29, 0.717) is 0 Å². The van der Waals surface area contributed by atoms with Crippen molar-refractivity contribution in [1.82, 2.24) is 14.6 Å². The van der Waals surface area contributed by atoms with E-state index < -0.39 is 0 Å². The monoisotopic (exact) mass is 151 g/mol. The molecule has 3 nitrogen and oxygen atoms in total. The molecule has 1 unspecified atom stereocenters. The number of hydrogen-bond acceptors (Lipinski definition) is 2. The van der Waals surface area contributed by atoms with Crippen LogP contribution in [0, 0.1) is 0 Å². The van der Waals surface area contributed by atoms with Gasteiger partial charge in [-0.1, -0.05) is 9.24 Å². The summed E-state index contributed by atoms with van der Waals surface area (Å²) in [5, 5.41) is 4.04. The first-order valence-electron chi connectivity index (χ1n) is 2.92. The first-order chi connectivity index (χ1) is 4.86. The minimum atomic E-state index is 0.882. The molecule has 50 valence electrons. The second kappa shape index (κ2) is 2.03. The van der Waals surface area contributed by atoms with Gasteiger partial charge in [0.05, 0.1) is 11.6 Å². The summed E-state index contributed by atoms with van der Waals surface area (Å²) in [6, 6.07) is 3.78. The first kappa shape index (κ1) is 5.81. The molecule has 0 amide bonds. The standard InChI is InChI=1S/C6H6N3P/c10-6-4-9-5(8-6)2-1-3-7-9/h1-4H,10H2. The second-order valence-corrected chi connectivity index (χ2v) is 2.58. The maximum atomic E-state index is 4.18. The Morgan fingerprint density at radius 2 is 2.40 bits per heavy atom. The highest BCUT2D eigenvalue weighted by atomic mass is 31.0. The van der Waals surface area contributed by atoms with Gasteiger partial charge in [0, 0.05) is 6.20 Å². The van der Waals surface area contributed by atoms with E-state index in [1.54, 1.807) is 10.7 Å². The molecule has 2 heterocycles. The van der Waals surface area contributed by atoms with Crippen molar-refractivity contribution in [2.45, 2.75) is 0 Å². The number of rotatable bonds is 0. The lowest BCUT2D eigenvalue weighted by atomic mass is 10.6. The third kappa shape index (κ3) is 0.792. The van der Waals surface area contributed by atoms with Gasteiger partial charge in [0.1, 0.15) is 0 Å². The molecule has 0 bridgehead atoms. The van der Waals surface area contributed by atoms with Gasteiger partial charge in [-0.2, -0.15) is 5.10 Å². The van der Waals surface area contributed by atoms with E-state index in [4.69, 9.17) is 0 Å². The molecule has 4 heteroatoms. The Balaban J connectivity index is 2.88. The fourth-order valence-corrected chi connectivity index (χ4v) is 1.12. The van der Waals surface area contributed by atoms with E-state index in [2.05, 4.69) is 19.3 Å². The van der Waals surface area contributed by atoms with Gasteiger partial charge in [0.15, 0.2) is 5.65 Å². The van der Waals surface area contributed by atoms with E-state index in [9.17, 15) is 0 Å². The molecule has 0 aliphatic rings. The largest absolute Gasteiger partial charge is 0.228 e. The predicted octanol–water partition coefficient (Wildman–Crippen LogP) is 0.230. The summed E-state index contributed by atoms with van der Waals surface area (Å²) in [5.74, 6) is 0. The van der Waals surface area contributed by atoms with Crippen LogP contribution in [-0.4, -0.2) is 14.6 Å². The Morgan fingerprint density at radius 1 is 1.50 bits per heavy atom. The number of hydrogen-bond donors (Lipinski definition) is 0. The number of imidazole rings is 1. The summed E-state index contributed by atoms with van der Waals surface area (Å²) >= 11 is 0. The zero-order chi connectivity index (χ0) is 6.97. The molecular weight excluding hydrogens is 145 g/mol. The van der Waals surface area contributed by atoms with Crippen molar-refractivity contribution >= 4 is 20.3 Å². The van der Waals surface area contributed by atoms with Crippen molar-refractivity contribution < 1.29 is 0 Å². The number of aromatic nitrogens is 3. The van der Waals surface area contributed by atoms with Crippen molar-refractivity contribution in [3.8, 4) is 0 Å². The molecule has 0 saturated carbocycles. The molecule has 0 spiro atoms. The maximum absolute atomic E-state index is 4.18. The quantitative estimate of drug-likeness (QED) is 0.504. The molecule has 0 aliphatic heterocycles. The van der Waals surface area contributed by atoms with Gasteiger partial charge >= 0.3 is 0 Å². The Hall–Kier alpha value is -0.950. The van der Waals surface area contributed by atoms with Gasteiger partial charge in [-0.25, -0.2) is 9.50 Å². The molecule has 2 aromatic rings. The van der Waals surface area contributed by atoms with Crippen LogP contribution in [0.3, 0.4) is 0 Å². The van der Waals surface area contributed by atoms with Crippen LogP contribution in [0.2, 0.25) is 0 Å². The van der Waals surface area contributed by atoms with E-state index >= 15 is 0 Å². The van der Waals surface area contributed by atoms with Gasteiger partial charge in [0.25, 0.3) is 0 Å². The third-order valence-electron chi connectivity index (χ3n) is 1.26. The molecular formula is C6H6N3P. The van der Waals surface area contributed by atoms with Gasteiger partial charge < -0.3 is 0 Å². The average molecular weight is 151 g/mol. The maximum Gasteiger partial charge on any atom is 0.154 e. The fourth-order valence-electron chi connectivity index (χ4n) is 0.849. The van der Waals surface area contributed by atoms with Crippen molar-refractivity contribution in [2.24, 2.45) is 0 Å². The lowest BCUT2D eigenvalue weighted by Crippen LogP contribution is -1.86. The van der Waals surface area contributed by atoms with Gasteiger partial charge in [-0.3, -0.25) is 0 Å². The minimum Gasteiger partial charge on any atom is -0.228 e. The SMILES string of the molecule is Pc1cn2ncccc2n1. The van der Waals surface area contributed by atoms with Gasteiger partial charge in [-0.15, -0.1) is 0 Å². The highest BCUT2D eigenvalue weighted by Crippen LogP contribution is 1.95. The topological polar surface area (TPSA) is 30.2 Å². The smallest absolute Gasteiger partial charge is 0.154 e. The van der Waals surface area contributed by atoms with Crippen molar-refractivity contribution in [2.75, 3.05) is 0 Å². The predicted molar refractivity (Wildman–Crippen MR) is 42.3 cm³/mol. The first-order valence-corrected chi connectivity index (χ1v) is 3.50. The highest BCUT2D eigenvalue weighted by Gasteiger charge is 1.93. The van der Waals surface area contributed by atoms with Crippen LogP contribution in [0.4, 0.5) is 0 Å². The lowest BCUT2D eigenvalue weighted by Gasteiger charge is -1.85. The van der Waals surface area contributed by atoms with E-state index in [1.807, 2.05) is 18.3 Å². The summed E-state index contributed by atoms with van der Waals surface area (Å²) in [4.78, 5) is 4.18. The van der Waals surface area contributed by atoms with Gasteiger partial charge in [0.2, 0.25) is 0 Å². The van der Waals surface area contributed by atoms with Crippen LogP contribution in [0.1, 0.15) is 0 Å². The van der Waals surface area contributed by atoms with E-state index in [0.717, 1.165) is 11.1 Å². The summed E-state index contributed by atoms with van der Waals surface area (Å²) < 4.78 is 1.74. The summed E-state index contributed by atoms with van der Waals surface area (Å²) in [6.45, 7) is 0. The summed E-state index contributed by atoms with van der Waals surface area (Å²) in [6.07, 6.45) is 3.60. The highest BCUT2D eigenvalue weighted by molar-refractivity contribution is 7.26. The zero-order valence-corrected chi connectivity index (χ0v) is 6.38. The summed E-state index contributed by atoms with van der Waals surface area (Å²) in [5.41, 5.74) is 1.80. The average Bonchev–Trinajstić information content (AvgIpc) is 2.27. The van der Waals surface area contributed by atoms with Crippen LogP contribution in [-0.2, 0) is 0 Å². The molecule has 0 N–H and O–H groups in total. The normalized spacial score (nSPS) is 10.5. The molecule has 2 rings (SSSR count). The van der Waals surface area contributed by atoms with E-state index in [1.165, 1.54) is 0 Å². The third-order valence-corrected chi connectivity index (χ3v) is 1.53. The van der Waals surface area contributed by atoms with Crippen LogP contribution in [0.25, 0.3) is 5.65 Å². The Bertz CT molecular complexity index is 322. The zero-order valence-electron chi connectivity index (χ0n) is 5.23. The van der Waals surface area contributed by atoms with Crippen LogP contribution in [0.15, 0.2) is 24.5 Å². The molecule has 2 aromatic heterocycles. The van der Waals surface area contributed by atoms with Crippen LogP contribution in [0.5, 0.6) is 0 Å². The molecule has 0 aromatic carbocycles. The van der Waals surface area contributed by atoms with Crippen LogP contribution < -0.4 is 5.44 Å².